The van der Waals surface area contributed by atoms with E-state index >= 15 is 0 Å². The third-order valence-corrected chi connectivity index (χ3v) is 1.36. The molecule has 0 aromatic rings. The molecular weight excluding hydrogens is 122 g/mol. The highest BCUT2D eigenvalue weighted by molar-refractivity contribution is 6.22. The second kappa shape index (κ2) is 2.23. The van der Waals surface area contributed by atoms with Gasteiger partial charge < -0.3 is 5.73 Å². The summed E-state index contributed by atoms with van der Waals surface area (Å²) in [6.45, 7) is 0. The molecule has 1 atom stereocenters. The molecule has 0 radical (unpaired) electrons. The Bertz CT molecular complexity index is 137. The lowest BCUT2D eigenvalue weighted by Gasteiger charge is -2.06. The lowest BCUT2D eigenvalue weighted by atomic mass is 10.1. The Labute approximate surface area is 53.8 Å². The summed E-state index contributed by atoms with van der Waals surface area (Å²) >= 11 is 5.70. The Balaban J connectivity index is 2.59. The van der Waals surface area contributed by atoms with E-state index in [0.717, 1.165) is 12.1 Å². The zero-order valence-electron chi connectivity index (χ0n) is 4.47. The molecule has 0 aromatic heterocycles. The monoisotopic (exact) mass is 129 g/mol. The summed E-state index contributed by atoms with van der Waals surface area (Å²) in [4.78, 5) is 0. The van der Waals surface area contributed by atoms with Crippen LogP contribution >= 0.6 is 11.6 Å². The molecule has 0 unspecified atom stereocenters. The molecule has 1 nitrogen and oxygen atoms in total. The number of hydrogen-bond acceptors (Lipinski definition) is 1. The highest BCUT2D eigenvalue weighted by atomic mass is 35.5. The van der Waals surface area contributed by atoms with E-state index in [1.807, 2.05) is 18.2 Å². The Hall–Kier alpha value is -0.430. The van der Waals surface area contributed by atoms with Crippen LogP contribution < -0.4 is 5.73 Å². The second-order valence-electron chi connectivity index (χ2n) is 1.85. The minimum absolute atomic E-state index is 0.111. The number of rotatable bonds is 0. The van der Waals surface area contributed by atoms with Gasteiger partial charge in [-0.05, 0) is 6.08 Å². The Morgan fingerprint density at radius 1 is 1.75 bits per heavy atom. The molecule has 8 heavy (non-hydrogen) atoms. The van der Waals surface area contributed by atoms with Crippen LogP contribution in [-0.2, 0) is 0 Å². The normalized spacial score (nSPS) is 27.6. The fourth-order valence-corrected chi connectivity index (χ4v) is 0.923. The van der Waals surface area contributed by atoms with Crippen molar-refractivity contribution in [3.8, 4) is 0 Å². The Morgan fingerprint density at radius 2 is 2.50 bits per heavy atom. The number of halogens is 1. The minimum atomic E-state index is 0.111. The first-order valence-electron chi connectivity index (χ1n) is 2.56. The summed E-state index contributed by atoms with van der Waals surface area (Å²) in [7, 11) is 0. The maximum absolute atomic E-state index is 5.70. The molecule has 0 aliphatic heterocycles. The SMILES string of the molecule is NC1=CC=C[C@H](Cl)C1. The van der Waals surface area contributed by atoms with Gasteiger partial charge in [-0.1, -0.05) is 12.2 Å². The third-order valence-electron chi connectivity index (χ3n) is 1.06. The predicted molar refractivity (Wildman–Crippen MR) is 35.7 cm³/mol. The molecule has 0 saturated heterocycles. The summed E-state index contributed by atoms with van der Waals surface area (Å²) in [5, 5.41) is 0.111. The second-order valence-corrected chi connectivity index (χ2v) is 2.41. The first-order valence-corrected chi connectivity index (χ1v) is 2.99. The van der Waals surface area contributed by atoms with Gasteiger partial charge in [0, 0.05) is 12.1 Å². The van der Waals surface area contributed by atoms with Crippen molar-refractivity contribution >= 4 is 11.6 Å². The third kappa shape index (κ3) is 1.27. The maximum atomic E-state index is 5.70. The summed E-state index contributed by atoms with van der Waals surface area (Å²) in [6.07, 6.45) is 6.48. The van der Waals surface area contributed by atoms with Crippen molar-refractivity contribution in [1.82, 2.24) is 0 Å². The van der Waals surface area contributed by atoms with Gasteiger partial charge in [-0.25, -0.2) is 0 Å². The van der Waals surface area contributed by atoms with Crippen LogP contribution in [0.25, 0.3) is 0 Å². The van der Waals surface area contributed by atoms with Gasteiger partial charge in [-0.3, -0.25) is 0 Å². The van der Waals surface area contributed by atoms with Gasteiger partial charge >= 0.3 is 0 Å². The highest BCUT2D eigenvalue weighted by Crippen LogP contribution is 2.12. The molecule has 0 saturated carbocycles. The van der Waals surface area contributed by atoms with Crippen molar-refractivity contribution in [3.05, 3.63) is 23.9 Å². The predicted octanol–water partition coefficient (Wildman–Crippen LogP) is 1.40. The van der Waals surface area contributed by atoms with Gasteiger partial charge in [0.1, 0.15) is 0 Å². The van der Waals surface area contributed by atoms with Crippen molar-refractivity contribution in [1.29, 1.82) is 0 Å². The first kappa shape index (κ1) is 5.70. The molecule has 1 rings (SSSR count). The van der Waals surface area contributed by atoms with Crippen LogP contribution in [0.2, 0.25) is 0 Å². The standard InChI is InChI=1S/C6H8ClN/c7-5-2-1-3-6(8)4-5/h1-3,5H,4,8H2/t5-/m0/s1. The lowest BCUT2D eigenvalue weighted by Crippen LogP contribution is -2.06. The largest absolute Gasteiger partial charge is 0.402 e. The molecule has 0 amide bonds. The smallest absolute Gasteiger partial charge is 0.0573 e. The van der Waals surface area contributed by atoms with Gasteiger partial charge in [0.2, 0.25) is 0 Å². The van der Waals surface area contributed by atoms with Crippen molar-refractivity contribution in [2.45, 2.75) is 11.8 Å². The minimum Gasteiger partial charge on any atom is -0.402 e. The van der Waals surface area contributed by atoms with Gasteiger partial charge in [-0.2, -0.15) is 0 Å². The maximum Gasteiger partial charge on any atom is 0.0573 e. The average Bonchev–Trinajstić information content (AvgIpc) is 1.64. The molecule has 2 N–H and O–H groups in total. The molecule has 0 spiro atoms. The van der Waals surface area contributed by atoms with E-state index in [2.05, 4.69) is 0 Å². The molecule has 0 heterocycles. The summed E-state index contributed by atoms with van der Waals surface area (Å²) in [6, 6.07) is 0. The summed E-state index contributed by atoms with van der Waals surface area (Å²) < 4.78 is 0. The van der Waals surface area contributed by atoms with Crippen molar-refractivity contribution < 1.29 is 0 Å². The van der Waals surface area contributed by atoms with Crippen molar-refractivity contribution in [2.24, 2.45) is 5.73 Å². The fraction of sp³-hybridized carbons (Fsp3) is 0.333. The van der Waals surface area contributed by atoms with E-state index in [-0.39, 0.29) is 5.38 Å². The quantitative estimate of drug-likeness (QED) is 0.492. The number of nitrogens with two attached hydrogens (primary N) is 1. The van der Waals surface area contributed by atoms with E-state index in [4.69, 9.17) is 17.3 Å². The molecule has 1 aliphatic carbocycles. The Morgan fingerprint density at radius 3 is 2.88 bits per heavy atom. The fourth-order valence-electron chi connectivity index (χ4n) is 0.661. The molecule has 2 heteroatoms. The first-order chi connectivity index (χ1) is 3.79. The molecular formula is C6H8ClN. The Kier molecular flexibility index (Phi) is 1.59. The summed E-state index contributed by atoms with van der Waals surface area (Å²) in [5.74, 6) is 0. The highest BCUT2D eigenvalue weighted by Gasteiger charge is 2.03. The average molecular weight is 130 g/mol. The van der Waals surface area contributed by atoms with Crippen LogP contribution in [0.4, 0.5) is 0 Å². The number of hydrogen-bond donors (Lipinski definition) is 1. The number of allylic oxidation sites excluding steroid dienone is 4. The van der Waals surface area contributed by atoms with Crippen molar-refractivity contribution in [2.75, 3.05) is 0 Å². The van der Waals surface area contributed by atoms with E-state index in [9.17, 15) is 0 Å². The molecule has 0 bridgehead atoms. The van der Waals surface area contributed by atoms with Gasteiger partial charge in [0.15, 0.2) is 0 Å². The van der Waals surface area contributed by atoms with E-state index in [0.29, 0.717) is 0 Å². The van der Waals surface area contributed by atoms with Crippen LogP contribution in [0.5, 0.6) is 0 Å². The zero-order chi connectivity index (χ0) is 5.98. The van der Waals surface area contributed by atoms with Gasteiger partial charge in [0.25, 0.3) is 0 Å². The molecule has 1 aliphatic rings. The number of alkyl halides is 1. The summed E-state index contributed by atoms with van der Waals surface area (Å²) in [5.41, 5.74) is 6.32. The molecule has 0 fully saturated rings. The van der Waals surface area contributed by atoms with E-state index in [1.165, 1.54) is 0 Å². The van der Waals surface area contributed by atoms with Gasteiger partial charge in [0.05, 0.1) is 5.38 Å². The van der Waals surface area contributed by atoms with Crippen LogP contribution in [0.1, 0.15) is 6.42 Å². The van der Waals surface area contributed by atoms with E-state index < -0.39 is 0 Å². The van der Waals surface area contributed by atoms with Crippen LogP contribution in [0.15, 0.2) is 23.9 Å². The van der Waals surface area contributed by atoms with Crippen LogP contribution in [-0.4, -0.2) is 5.38 Å². The lowest BCUT2D eigenvalue weighted by molar-refractivity contribution is 0.951. The molecule has 44 valence electrons. The van der Waals surface area contributed by atoms with Crippen LogP contribution in [0, 0.1) is 0 Å². The molecule has 0 aromatic carbocycles. The van der Waals surface area contributed by atoms with Gasteiger partial charge in [-0.15, -0.1) is 11.6 Å². The topological polar surface area (TPSA) is 26.0 Å². The van der Waals surface area contributed by atoms with E-state index in [1.54, 1.807) is 0 Å². The zero-order valence-corrected chi connectivity index (χ0v) is 5.23. The van der Waals surface area contributed by atoms with Crippen LogP contribution in [0.3, 0.4) is 0 Å². The van der Waals surface area contributed by atoms with Crippen molar-refractivity contribution in [3.63, 3.8) is 0 Å².